The summed E-state index contributed by atoms with van der Waals surface area (Å²) in [6.45, 7) is 0.257. The Kier molecular flexibility index (Phi) is 4.27. The van der Waals surface area contributed by atoms with E-state index in [1.54, 1.807) is 0 Å². The zero-order valence-corrected chi connectivity index (χ0v) is 13.4. The number of hydrogen-bond acceptors (Lipinski definition) is 5. The smallest absolute Gasteiger partial charge is 0.322 e. The van der Waals surface area contributed by atoms with Crippen molar-refractivity contribution >= 4 is 27.3 Å². The summed E-state index contributed by atoms with van der Waals surface area (Å²) in [4.78, 5) is 6.91. The van der Waals surface area contributed by atoms with Gasteiger partial charge in [-0.25, -0.2) is 22.8 Å². The first-order valence-corrected chi connectivity index (χ1v) is 8.75. The largest absolute Gasteiger partial charge is 0.433 e. The molecule has 2 heterocycles. The topological polar surface area (TPSA) is 75.2 Å². The first-order chi connectivity index (χ1) is 11.7. The standard InChI is InChI=1S/C14H12F4N4O2S/c15-10-3-2-9(22-6-1-7-25(22,23)24)8-11(10)20-13-19-5-4-12(21-13)14(16,17)18/h2-5,8H,1,6-7H2,(H,19,20,21). The Hall–Kier alpha value is -2.43. The second kappa shape index (κ2) is 6.14. The molecular formula is C14H12F4N4O2S. The number of alkyl halides is 3. The van der Waals surface area contributed by atoms with Gasteiger partial charge in [-0.15, -0.1) is 0 Å². The van der Waals surface area contributed by atoms with Crippen molar-refractivity contribution in [2.75, 3.05) is 21.9 Å². The molecule has 1 aliphatic rings. The molecule has 1 aromatic carbocycles. The summed E-state index contributed by atoms with van der Waals surface area (Å²) in [6, 6.07) is 4.20. The summed E-state index contributed by atoms with van der Waals surface area (Å²) in [5, 5.41) is 2.36. The Bertz CT molecular complexity index is 902. The van der Waals surface area contributed by atoms with E-state index in [0.717, 1.165) is 16.6 Å². The molecule has 0 radical (unpaired) electrons. The molecule has 1 N–H and O–H groups in total. The van der Waals surface area contributed by atoms with Gasteiger partial charge in [-0.2, -0.15) is 13.2 Å². The van der Waals surface area contributed by atoms with Crippen molar-refractivity contribution in [1.82, 2.24) is 9.97 Å². The lowest BCUT2D eigenvalue weighted by atomic mass is 10.2. The highest BCUT2D eigenvalue weighted by atomic mass is 32.2. The van der Waals surface area contributed by atoms with Gasteiger partial charge in [0, 0.05) is 12.7 Å². The highest BCUT2D eigenvalue weighted by molar-refractivity contribution is 7.93. The van der Waals surface area contributed by atoms with Crippen LogP contribution in [0.3, 0.4) is 0 Å². The zero-order valence-electron chi connectivity index (χ0n) is 12.6. The molecule has 0 spiro atoms. The second-order valence-corrected chi connectivity index (χ2v) is 7.31. The summed E-state index contributed by atoms with van der Waals surface area (Å²) in [5.74, 6) is -1.24. The molecule has 0 amide bonds. The van der Waals surface area contributed by atoms with E-state index >= 15 is 0 Å². The quantitative estimate of drug-likeness (QED) is 0.834. The summed E-state index contributed by atoms with van der Waals surface area (Å²) in [7, 11) is -3.47. The normalized spacial score (nSPS) is 16.9. The van der Waals surface area contributed by atoms with E-state index in [-0.39, 0.29) is 23.7 Å². The van der Waals surface area contributed by atoms with Crippen molar-refractivity contribution in [2.24, 2.45) is 0 Å². The van der Waals surface area contributed by atoms with Crippen molar-refractivity contribution in [3.8, 4) is 0 Å². The fourth-order valence-corrected chi connectivity index (χ4v) is 3.95. The second-order valence-electron chi connectivity index (χ2n) is 5.29. The van der Waals surface area contributed by atoms with Crippen molar-refractivity contribution in [2.45, 2.75) is 12.6 Å². The number of rotatable bonds is 3. The Labute approximate surface area is 140 Å². The third-order valence-corrected chi connectivity index (χ3v) is 5.40. The molecule has 1 saturated heterocycles. The van der Waals surface area contributed by atoms with Gasteiger partial charge in [0.05, 0.1) is 17.1 Å². The predicted molar refractivity (Wildman–Crippen MR) is 82.5 cm³/mol. The van der Waals surface area contributed by atoms with Crippen molar-refractivity contribution in [1.29, 1.82) is 0 Å². The monoisotopic (exact) mass is 376 g/mol. The minimum Gasteiger partial charge on any atom is -0.322 e. The van der Waals surface area contributed by atoms with Crippen LogP contribution >= 0.6 is 0 Å². The fraction of sp³-hybridized carbons (Fsp3) is 0.286. The number of sulfonamides is 1. The van der Waals surface area contributed by atoms with Gasteiger partial charge in [-0.1, -0.05) is 0 Å². The molecule has 25 heavy (non-hydrogen) atoms. The van der Waals surface area contributed by atoms with Gasteiger partial charge in [0.25, 0.3) is 0 Å². The average molecular weight is 376 g/mol. The molecule has 0 bridgehead atoms. The van der Waals surface area contributed by atoms with Crippen LogP contribution in [0.4, 0.5) is 34.9 Å². The molecule has 134 valence electrons. The molecule has 3 rings (SSSR count). The summed E-state index contributed by atoms with van der Waals surface area (Å²) in [6.07, 6.45) is -3.33. The summed E-state index contributed by atoms with van der Waals surface area (Å²) < 4.78 is 77.0. The Morgan fingerprint density at radius 2 is 1.96 bits per heavy atom. The molecular weight excluding hydrogens is 364 g/mol. The minimum absolute atomic E-state index is 0.0100. The van der Waals surface area contributed by atoms with Gasteiger partial charge < -0.3 is 5.32 Å². The number of anilines is 3. The molecule has 1 aromatic heterocycles. The zero-order chi connectivity index (χ0) is 18.2. The molecule has 2 aromatic rings. The lowest BCUT2D eigenvalue weighted by Gasteiger charge is -2.18. The van der Waals surface area contributed by atoms with Crippen molar-refractivity contribution in [3.63, 3.8) is 0 Å². The van der Waals surface area contributed by atoms with E-state index in [4.69, 9.17) is 0 Å². The minimum atomic E-state index is -4.66. The highest BCUT2D eigenvalue weighted by Crippen LogP contribution is 2.31. The fourth-order valence-electron chi connectivity index (χ4n) is 2.39. The molecule has 1 aliphatic heterocycles. The SMILES string of the molecule is O=S1(=O)CCCN1c1ccc(F)c(Nc2nccc(C(F)(F)F)n2)c1. The number of halogens is 4. The van der Waals surface area contributed by atoms with Crippen LogP contribution in [0.15, 0.2) is 30.5 Å². The van der Waals surface area contributed by atoms with Crippen LogP contribution < -0.4 is 9.62 Å². The van der Waals surface area contributed by atoms with Gasteiger partial charge in [-0.05, 0) is 30.7 Å². The summed E-state index contributed by atoms with van der Waals surface area (Å²) in [5.41, 5.74) is -1.18. The molecule has 0 unspecified atom stereocenters. The number of nitrogens with zero attached hydrogens (tertiary/aromatic N) is 3. The lowest BCUT2D eigenvalue weighted by Crippen LogP contribution is -2.25. The predicted octanol–water partition coefficient (Wildman–Crippen LogP) is 2.92. The van der Waals surface area contributed by atoms with Crippen LogP contribution in [0.5, 0.6) is 0 Å². The Balaban J connectivity index is 1.92. The maximum Gasteiger partial charge on any atom is 0.433 e. The molecule has 0 aliphatic carbocycles. The van der Waals surface area contributed by atoms with Crippen LogP contribution in [-0.4, -0.2) is 30.7 Å². The van der Waals surface area contributed by atoms with Gasteiger partial charge in [0.1, 0.15) is 11.5 Å². The maximum atomic E-state index is 14.0. The molecule has 0 saturated carbocycles. The molecule has 6 nitrogen and oxygen atoms in total. The van der Waals surface area contributed by atoms with Crippen LogP contribution in [0, 0.1) is 5.82 Å². The van der Waals surface area contributed by atoms with E-state index in [9.17, 15) is 26.0 Å². The summed E-state index contributed by atoms with van der Waals surface area (Å²) >= 11 is 0. The maximum absolute atomic E-state index is 14.0. The van der Waals surface area contributed by atoms with Crippen molar-refractivity contribution in [3.05, 3.63) is 42.0 Å². The van der Waals surface area contributed by atoms with Crippen molar-refractivity contribution < 1.29 is 26.0 Å². The Morgan fingerprint density at radius 3 is 2.60 bits per heavy atom. The van der Waals surface area contributed by atoms with Crippen LogP contribution in [0.25, 0.3) is 0 Å². The lowest BCUT2D eigenvalue weighted by molar-refractivity contribution is -0.141. The third-order valence-electron chi connectivity index (χ3n) is 3.53. The van der Waals surface area contributed by atoms with Gasteiger partial charge >= 0.3 is 6.18 Å². The van der Waals surface area contributed by atoms with E-state index in [2.05, 4.69) is 15.3 Å². The highest BCUT2D eigenvalue weighted by Gasteiger charge is 2.33. The van der Waals surface area contributed by atoms with Gasteiger partial charge in [-0.3, -0.25) is 4.31 Å². The van der Waals surface area contributed by atoms with Crippen LogP contribution in [-0.2, 0) is 16.2 Å². The molecule has 1 fully saturated rings. The number of benzene rings is 1. The molecule has 0 atom stereocenters. The van der Waals surface area contributed by atoms with E-state index in [0.29, 0.717) is 12.5 Å². The van der Waals surface area contributed by atoms with E-state index in [1.165, 1.54) is 12.1 Å². The third kappa shape index (κ3) is 3.65. The molecule has 11 heteroatoms. The Morgan fingerprint density at radius 1 is 1.20 bits per heavy atom. The van der Waals surface area contributed by atoms with E-state index < -0.39 is 33.7 Å². The van der Waals surface area contributed by atoms with Crippen LogP contribution in [0.1, 0.15) is 12.1 Å². The number of nitrogens with one attached hydrogen (secondary N) is 1. The first-order valence-electron chi connectivity index (χ1n) is 7.14. The number of hydrogen-bond donors (Lipinski definition) is 1. The number of aromatic nitrogens is 2. The average Bonchev–Trinajstić information content (AvgIpc) is 2.88. The van der Waals surface area contributed by atoms with E-state index in [1.807, 2.05) is 0 Å². The van der Waals surface area contributed by atoms with Gasteiger partial charge in [0.15, 0.2) is 0 Å². The van der Waals surface area contributed by atoms with Gasteiger partial charge in [0.2, 0.25) is 16.0 Å². The first kappa shape index (κ1) is 17.4. The van der Waals surface area contributed by atoms with Crippen LogP contribution in [0.2, 0.25) is 0 Å².